The number of hydrogen-bond acceptors (Lipinski definition) is 3. The number of hydrogen-bond donors (Lipinski definition) is 2. The topological polar surface area (TPSA) is 52.6 Å². The van der Waals surface area contributed by atoms with Crippen LogP contribution in [-0.2, 0) is 4.79 Å². The van der Waals surface area contributed by atoms with Crippen molar-refractivity contribution in [2.24, 2.45) is 5.41 Å². The van der Waals surface area contributed by atoms with E-state index in [1.54, 1.807) is 0 Å². The van der Waals surface area contributed by atoms with Crippen molar-refractivity contribution in [2.45, 2.75) is 65.3 Å². The second-order valence-electron chi connectivity index (χ2n) is 5.97. The van der Waals surface area contributed by atoms with Crippen molar-refractivity contribution < 1.29 is 9.90 Å². The minimum absolute atomic E-state index is 0.0582. The number of rotatable bonds is 8. The highest BCUT2D eigenvalue weighted by Gasteiger charge is 2.42. The molecule has 0 spiro atoms. The van der Waals surface area contributed by atoms with Crippen LogP contribution in [-0.4, -0.2) is 48.2 Å². The zero-order valence-electron chi connectivity index (χ0n) is 13.5. The summed E-state index contributed by atoms with van der Waals surface area (Å²) in [6.45, 7) is 8.81. The molecule has 4 heteroatoms. The molecule has 0 aromatic carbocycles. The van der Waals surface area contributed by atoms with Crippen LogP contribution < -0.4 is 5.32 Å². The van der Waals surface area contributed by atoms with E-state index < -0.39 is 0 Å². The van der Waals surface area contributed by atoms with Crippen molar-refractivity contribution in [3.8, 4) is 0 Å². The first-order valence-corrected chi connectivity index (χ1v) is 8.27. The number of nitrogens with zero attached hydrogens (tertiary/aromatic N) is 1. The number of aliphatic hydroxyl groups excluding tert-OH is 1. The standard InChI is InChI=1S/C16H32N2O2/c1-4-7-16(8-10-17-11-9-16)15(20)18(12-13-19)14(5-2)6-3/h14,17,19H,4-13H2,1-3H3. The molecule has 1 aliphatic rings. The average molecular weight is 284 g/mol. The summed E-state index contributed by atoms with van der Waals surface area (Å²) in [5.41, 5.74) is -0.197. The van der Waals surface area contributed by atoms with Gasteiger partial charge in [0.2, 0.25) is 5.91 Å². The molecule has 20 heavy (non-hydrogen) atoms. The fourth-order valence-corrected chi connectivity index (χ4v) is 3.55. The summed E-state index contributed by atoms with van der Waals surface area (Å²) >= 11 is 0. The van der Waals surface area contributed by atoms with Gasteiger partial charge < -0.3 is 15.3 Å². The number of amides is 1. The second kappa shape index (κ2) is 8.63. The van der Waals surface area contributed by atoms with Gasteiger partial charge in [0.25, 0.3) is 0 Å². The van der Waals surface area contributed by atoms with Gasteiger partial charge in [0.15, 0.2) is 0 Å². The predicted molar refractivity (Wildman–Crippen MR) is 82.6 cm³/mol. The number of carbonyl (C=O) groups excluding carboxylic acids is 1. The van der Waals surface area contributed by atoms with Crippen LogP contribution in [0.2, 0.25) is 0 Å². The maximum atomic E-state index is 13.1. The number of piperidine rings is 1. The van der Waals surface area contributed by atoms with Gasteiger partial charge in [-0.05, 0) is 45.2 Å². The van der Waals surface area contributed by atoms with Crippen molar-refractivity contribution in [3.05, 3.63) is 0 Å². The zero-order valence-corrected chi connectivity index (χ0v) is 13.5. The van der Waals surface area contributed by atoms with E-state index >= 15 is 0 Å². The molecule has 1 rings (SSSR count). The van der Waals surface area contributed by atoms with E-state index in [0.717, 1.165) is 51.6 Å². The highest BCUT2D eigenvalue weighted by Crippen LogP contribution is 2.37. The maximum Gasteiger partial charge on any atom is 0.229 e. The molecule has 0 bridgehead atoms. The lowest BCUT2D eigenvalue weighted by molar-refractivity contribution is -0.147. The van der Waals surface area contributed by atoms with Crippen LogP contribution in [0.3, 0.4) is 0 Å². The van der Waals surface area contributed by atoms with E-state index in [9.17, 15) is 9.90 Å². The van der Waals surface area contributed by atoms with Crippen LogP contribution in [0.4, 0.5) is 0 Å². The van der Waals surface area contributed by atoms with Gasteiger partial charge in [0.05, 0.1) is 12.0 Å². The highest BCUT2D eigenvalue weighted by molar-refractivity contribution is 5.83. The Labute approximate surface area is 123 Å². The van der Waals surface area contributed by atoms with Gasteiger partial charge in [-0.1, -0.05) is 27.2 Å². The summed E-state index contributed by atoms with van der Waals surface area (Å²) < 4.78 is 0. The second-order valence-corrected chi connectivity index (χ2v) is 5.97. The van der Waals surface area contributed by atoms with Crippen molar-refractivity contribution in [2.75, 3.05) is 26.2 Å². The SMILES string of the molecule is CCCC1(C(=O)N(CCO)C(CC)CC)CCNCC1. The molecule has 0 aromatic rings. The van der Waals surface area contributed by atoms with Crippen LogP contribution in [0.25, 0.3) is 0 Å². The first kappa shape index (κ1) is 17.4. The first-order valence-electron chi connectivity index (χ1n) is 8.27. The average Bonchev–Trinajstić information content (AvgIpc) is 2.48. The molecule has 1 amide bonds. The van der Waals surface area contributed by atoms with E-state index in [-0.39, 0.29) is 24.0 Å². The Balaban J connectivity index is 2.93. The Morgan fingerprint density at radius 3 is 2.30 bits per heavy atom. The third-order valence-corrected chi connectivity index (χ3v) is 4.73. The van der Waals surface area contributed by atoms with E-state index in [1.165, 1.54) is 0 Å². The highest BCUT2D eigenvalue weighted by atomic mass is 16.3. The fourth-order valence-electron chi connectivity index (χ4n) is 3.55. The number of aliphatic hydroxyl groups is 1. The molecule has 0 aliphatic carbocycles. The molecule has 0 saturated carbocycles. The zero-order chi connectivity index (χ0) is 15.0. The van der Waals surface area contributed by atoms with Crippen LogP contribution in [0, 0.1) is 5.41 Å². The summed E-state index contributed by atoms with van der Waals surface area (Å²) in [7, 11) is 0. The Hall–Kier alpha value is -0.610. The molecule has 1 aliphatic heterocycles. The minimum Gasteiger partial charge on any atom is -0.395 e. The fraction of sp³-hybridized carbons (Fsp3) is 0.938. The van der Waals surface area contributed by atoms with Gasteiger partial charge in [0.1, 0.15) is 0 Å². The lowest BCUT2D eigenvalue weighted by Crippen LogP contribution is -2.53. The van der Waals surface area contributed by atoms with E-state index in [4.69, 9.17) is 0 Å². The lowest BCUT2D eigenvalue weighted by Gasteiger charge is -2.42. The number of nitrogens with one attached hydrogen (secondary N) is 1. The van der Waals surface area contributed by atoms with E-state index in [1.807, 2.05) is 4.90 Å². The van der Waals surface area contributed by atoms with Crippen LogP contribution in [0.1, 0.15) is 59.3 Å². The molecule has 1 saturated heterocycles. The van der Waals surface area contributed by atoms with E-state index in [2.05, 4.69) is 26.1 Å². The molecular weight excluding hydrogens is 252 g/mol. The normalized spacial score (nSPS) is 18.2. The predicted octanol–water partition coefficient (Wildman–Crippen LogP) is 2.17. The molecule has 4 nitrogen and oxygen atoms in total. The first-order chi connectivity index (χ1) is 9.65. The molecule has 1 heterocycles. The quantitative estimate of drug-likeness (QED) is 0.718. The Bertz CT molecular complexity index is 279. The van der Waals surface area contributed by atoms with Crippen LogP contribution in [0.15, 0.2) is 0 Å². The summed E-state index contributed by atoms with van der Waals surface area (Å²) in [5, 5.41) is 12.7. The van der Waals surface area contributed by atoms with Crippen LogP contribution >= 0.6 is 0 Å². The molecule has 0 aromatic heterocycles. The molecule has 1 fully saturated rings. The Morgan fingerprint density at radius 2 is 1.85 bits per heavy atom. The Morgan fingerprint density at radius 1 is 1.25 bits per heavy atom. The third-order valence-electron chi connectivity index (χ3n) is 4.73. The molecular formula is C16H32N2O2. The van der Waals surface area contributed by atoms with Crippen molar-refractivity contribution in [3.63, 3.8) is 0 Å². The van der Waals surface area contributed by atoms with Crippen LogP contribution in [0.5, 0.6) is 0 Å². The van der Waals surface area contributed by atoms with Gasteiger partial charge in [0, 0.05) is 12.6 Å². The monoisotopic (exact) mass is 284 g/mol. The largest absolute Gasteiger partial charge is 0.395 e. The molecule has 0 unspecified atom stereocenters. The lowest BCUT2D eigenvalue weighted by atomic mass is 9.74. The summed E-state index contributed by atoms with van der Waals surface area (Å²) in [4.78, 5) is 15.1. The van der Waals surface area contributed by atoms with Gasteiger partial charge in [-0.3, -0.25) is 4.79 Å². The van der Waals surface area contributed by atoms with Gasteiger partial charge >= 0.3 is 0 Å². The van der Waals surface area contributed by atoms with E-state index in [0.29, 0.717) is 6.54 Å². The summed E-state index contributed by atoms with van der Waals surface area (Å²) in [5.74, 6) is 0.281. The Kier molecular flexibility index (Phi) is 7.52. The molecule has 2 N–H and O–H groups in total. The van der Waals surface area contributed by atoms with Gasteiger partial charge in [-0.2, -0.15) is 0 Å². The van der Waals surface area contributed by atoms with Crippen molar-refractivity contribution in [1.29, 1.82) is 0 Å². The molecule has 0 atom stereocenters. The molecule has 118 valence electrons. The third kappa shape index (κ3) is 3.95. The summed E-state index contributed by atoms with van der Waals surface area (Å²) in [6.07, 6.45) is 5.80. The van der Waals surface area contributed by atoms with Crippen molar-refractivity contribution in [1.82, 2.24) is 10.2 Å². The summed E-state index contributed by atoms with van der Waals surface area (Å²) in [6, 6.07) is 0.262. The maximum absolute atomic E-state index is 13.1. The van der Waals surface area contributed by atoms with Gasteiger partial charge in [-0.25, -0.2) is 0 Å². The van der Waals surface area contributed by atoms with Crippen molar-refractivity contribution >= 4 is 5.91 Å². The number of carbonyl (C=O) groups is 1. The van der Waals surface area contributed by atoms with Gasteiger partial charge in [-0.15, -0.1) is 0 Å². The smallest absolute Gasteiger partial charge is 0.229 e. The molecule has 0 radical (unpaired) electrons. The minimum atomic E-state index is -0.197.